The Morgan fingerprint density at radius 3 is 2.69 bits per heavy atom. The Morgan fingerprint density at radius 1 is 1.38 bits per heavy atom. The van der Waals surface area contributed by atoms with Crippen molar-refractivity contribution in [3.63, 3.8) is 0 Å². The fraction of sp³-hybridized carbons (Fsp3) is 0.308. The number of halogens is 1. The summed E-state index contributed by atoms with van der Waals surface area (Å²) < 4.78 is 2.01. The quantitative estimate of drug-likeness (QED) is 0.774. The number of aromatic nitrogens is 1. The molecule has 0 saturated heterocycles. The zero-order chi connectivity index (χ0) is 11.7. The van der Waals surface area contributed by atoms with E-state index in [1.807, 2.05) is 28.8 Å². The zero-order valence-corrected chi connectivity index (χ0v) is 10.1. The first-order valence-corrected chi connectivity index (χ1v) is 5.69. The highest BCUT2D eigenvalue weighted by molar-refractivity contribution is 6.32. The summed E-state index contributed by atoms with van der Waals surface area (Å²) in [6.07, 6.45) is 0. The second-order valence-electron chi connectivity index (χ2n) is 4.30. The van der Waals surface area contributed by atoms with Crippen molar-refractivity contribution in [2.75, 3.05) is 0 Å². The Hall–Kier alpha value is -1.46. The Labute approximate surface area is 100 Å². The highest BCUT2D eigenvalue weighted by Crippen LogP contribution is 2.29. The topological polar surface area (TPSA) is 28.7 Å². The normalized spacial score (nSPS) is 10.9. The molecule has 0 aliphatic carbocycles. The van der Waals surface area contributed by atoms with Crippen LogP contribution in [0, 0.1) is 17.2 Å². The number of nitrogens with zero attached hydrogens (tertiary/aromatic N) is 2. The molecule has 3 heteroatoms. The largest absolute Gasteiger partial charge is 0.330 e. The SMILES string of the molecule is CC(C)Cn1c(Cl)c(C#N)c2ccccc21. The molecule has 0 saturated carbocycles. The lowest BCUT2D eigenvalue weighted by molar-refractivity contribution is 0.535. The number of fused-ring (bicyclic) bond motifs is 1. The molecule has 0 radical (unpaired) electrons. The number of nitriles is 1. The Kier molecular flexibility index (Phi) is 2.89. The van der Waals surface area contributed by atoms with Crippen LogP contribution in [0.2, 0.25) is 5.15 Å². The fourth-order valence-corrected chi connectivity index (χ4v) is 2.23. The van der Waals surface area contributed by atoms with Gasteiger partial charge in [-0.25, -0.2) is 0 Å². The van der Waals surface area contributed by atoms with Gasteiger partial charge in [-0.05, 0) is 12.0 Å². The molecule has 0 spiro atoms. The van der Waals surface area contributed by atoms with E-state index in [1.54, 1.807) is 0 Å². The summed E-state index contributed by atoms with van der Waals surface area (Å²) in [7, 11) is 0. The number of rotatable bonds is 2. The van der Waals surface area contributed by atoms with Crippen LogP contribution in [0.5, 0.6) is 0 Å². The van der Waals surface area contributed by atoms with Crippen LogP contribution >= 0.6 is 11.6 Å². The minimum atomic E-state index is 0.500. The highest BCUT2D eigenvalue weighted by Gasteiger charge is 2.15. The second kappa shape index (κ2) is 4.19. The molecule has 0 amide bonds. The molecule has 16 heavy (non-hydrogen) atoms. The summed E-state index contributed by atoms with van der Waals surface area (Å²) in [6.45, 7) is 5.11. The molecule has 0 atom stereocenters. The molecule has 2 nitrogen and oxygen atoms in total. The predicted octanol–water partition coefficient (Wildman–Crippen LogP) is 3.82. The first-order valence-electron chi connectivity index (χ1n) is 5.32. The van der Waals surface area contributed by atoms with E-state index < -0.39 is 0 Å². The molecule has 0 aliphatic heterocycles. The van der Waals surface area contributed by atoms with Crippen molar-refractivity contribution in [2.45, 2.75) is 20.4 Å². The van der Waals surface area contributed by atoms with E-state index in [1.165, 1.54) is 0 Å². The summed E-state index contributed by atoms with van der Waals surface area (Å²) in [6, 6.07) is 10.0. The van der Waals surface area contributed by atoms with Gasteiger partial charge in [-0.3, -0.25) is 0 Å². The predicted molar refractivity (Wildman–Crippen MR) is 66.5 cm³/mol. The van der Waals surface area contributed by atoms with Gasteiger partial charge in [0.2, 0.25) is 0 Å². The standard InChI is InChI=1S/C13H13ClN2/c1-9(2)8-16-12-6-4-3-5-10(12)11(7-15)13(16)14/h3-6,9H,8H2,1-2H3. The molecule has 1 aromatic heterocycles. The van der Waals surface area contributed by atoms with Gasteiger partial charge in [-0.15, -0.1) is 0 Å². The zero-order valence-electron chi connectivity index (χ0n) is 9.37. The van der Waals surface area contributed by atoms with Crippen LogP contribution in [0.1, 0.15) is 19.4 Å². The molecule has 0 fully saturated rings. The van der Waals surface area contributed by atoms with Crippen LogP contribution in [0.15, 0.2) is 24.3 Å². The van der Waals surface area contributed by atoms with Crippen molar-refractivity contribution in [3.05, 3.63) is 35.0 Å². The molecule has 0 bridgehead atoms. The number of benzene rings is 1. The van der Waals surface area contributed by atoms with Crippen molar-refractivity contribution in [2.24, 2.45) is 5.92 Å². The molecule has 0 N–H and O–H groups in total. The van der Waals surface area contributed by atoms with E-state index in [2.05, 4.69) is 19.9 Å². The highest BCUT2D eigenvalue weighted by atomic mass is 35.5. The van der Waals surface area contributed by atoms with Crippen LogP contribution in [-0.2, 0) is 6.54 Å². The van der Waals surface area contributed by atoms with E-state index >= 15 is 0 Å². The molecule has 1 aromatic carbocycles. The van der Waals surface area contributed by atoms with Crippen molar-refractivity contribution < 1.29 is 0 Å². The van der Waals surface area contributed by atoms with Gasteiger partial charge in [0.25, 0.3) is 0 Å². The van der Waals surface area contributed by atoms with Crippen LogP contribution in [0.25, 0.3) is 10.9 Å². The summed E-state index contributed by atoms with van der Waals surface area (Å²) in [5.74, 6) is 0.500. The smallest absolute Gasteiger partial charge is 0.128 e. The van der Waals surface area contributed by atoms with Crippen molar-refractivity contribution >= 4 is 22.5 Å². The van der Waals surface area contributed by atoms with Crippen molar-refractivity contribution in [1.82, 2.24) is 4.57 Å². The maximum Gasteiger partial charge on any atom is 0.128 e. The molecular formula is C13H13ClN2. The van der Waals surface area contributed by atoms with E-state index in [0.717, 1.165) is 17.4 Å². The van der Waals surface area contributed by atoms with Gasteiger partial charge < -0.3 is 4.57 Å². The monoisotopic (exact) mass is 232 g/mol. The third-order valence-corrected chi connectivity index (χ3v) is 2.96. The van der Waals surface area contributed by atoms with Gasteiger partial charge in [0.15, 0.2) is 0 Å². The number of hydrogen-bond donors (Lipinski definition) is 0. The van der Waals surface area contributed by atoms with Gasteiger partial charge in [0.05, 0.1) is 11.1 Å². The minimum absolute atomic E-state index is 0.500. The summed E-state index contributed by atoms with van der Waals surface area (Å²) >= 11 is 6.24. The van der Waals surface area contributed by atoms with Gasteiger partial charge >= 0.3 is 0 Å². The minimum Gasteiger partial charge on any atom is -0.330 e. The van der Waals surface area contributed by atoms with Crippen molar-refractivity contribution in [3.8, 4) is 6.07 Å². The molecule has 82 valence electrons. The van der Waals surface area contributed by atoms with E-state index in [0.29, 0.717) is 16.6 Å². The van der Waals surface area contributed by atoms with Gasteiger partial charge in [0.1, 0.15) is 11.2 Å². The maximum atomic E-state index is 9.12. The van der Waals surface area contributed by atoms with Gasteiger partial charge in [0, 0.05) is 11.9 Å². The lowest BCUT2D eigenvalue weighted by atomic mass is 10.2. The molecule has 0 aliphatic rings. The van der Waals surface area contributed by atoms with Crippen LogP contribution in [0.3, 0.4) is 0 Å². The average Bonchev–Trinajstić information content (AvgIpc) is 2.52. The molecule has 2 rings (SSSR count). The molecule has 2 aromatic rings. The Morgan fingerprint density at radius 2 is 2.06 bits per heavy atom. The van der Waals surface area contributed by atoms with E-state index in [4.69, 9.17) is 16.9 Å². The van der Waals surface area contributed by atoms with E-state index in [9.17, 15) is 0 Å². The van der Waals surface area contributed by atoms with Crippen LogP contribution in [0.4, 0.5) is 0 Å². The lowest BCUT2D eigenvalue weighted by Gasteiger charge is -2.09. The molecule has 1 heterocycles. The first-order chi connectivity index (χ1) is 7.65. The van der Waals surface area contributed by atoms with Gasteiger partial charge in [-0.2, -0.15) is 5.26 Å². The van der Waals surface area contributed by atoms with Crippen LogP contribution < -0.4 is 0 Å². The molecular weight excluding hydrogens is 220 g/mol. The fourth-order valence-electron chi connectivity index (χ4n) is 1.92. The summed E-state index contributed by atoms with van der Waals surface area (Å²) in [4.78, 5) is 0. The third-order valence-electron chi connectivity index (χ3n) is 2.57. The number of hydrogen-bond acceptors (Lipinski definition) is 1. The third kappa shape index (κ3) is 1.68. The maximum absolute atomic E-state index is 9.12. The molecule has 0 unspecified atom stereocenters. The average molecular weight is 233 g/mol. The first kappa shape index (κ1) is 11.0. The van der Waals surface area contributed by atoms with E-state index in [-0.39, 0.29) is 0 Å². The Bertz CT molecular complexity index is 561. The lowest BCUT2D eigenvalue weighted by Crippen LogP contribution is -2.04. The van der Waals surface area contributed by atoms with Gasteiger partial charge in [-0.1, -0.05) is 43.6 Å². The second-order valence-corrected chi connectivity index (χ2v) is 4.66. The van der Waals surface area contributed by atoms with Crippen molar-refractivity contribution in [1.29, 1.82) is 5.26 Å². The summed E-state index contributed by atoms with van der Waals surface area (Å²) in [5.41, 5.74) is 1.62. The summed E-state index contributed by atoms with van der Waals surface area (Å²) in [5, 5.41) is 10.6. The van der Waals surface area contributed by atoms with Crippen LogP contribution in [-0.4, -0.2) is 4.57 Å². The Balaban J connectivity index is 2.73. The number of para-hydroxylation sites is 1.